The third-order valence-electron chi connectivity index (χ3n) is 3.61. The zero-order chi connectivity index (χ0) is 16.1. The number of rotatable bonds is 5. The number of alkyl halides is 1. The molecule has 23 heavy (non-hydrogen) atoms. The van der Waals surface area contributed by atoms with Crippen LogP contribution in [0.25, 0.3) is 5.70 Å². The highest BCUT2D eigenvalue weighted by molar-refractivity contribution is 9.11. The lowest BCUT2D eigenvalue weighted by molar-refractivity contribution is 0.513. The Morgan fingerprint density at radius 2 is 1.74 bits per heavy atom. The number of hydrogen-bond donors (Lipinski definition) is 2. The van der Waals surface area contributed by atoms with Gasteiger partial charge < -0.3 is 5.32 Å². The van der Waals surface area contributed by atoms with Crippen molar-refractivity contribution in [2.75, 3.05) is 5.75 Å². The second-order valence-corrected chi connectivity index (χ2v) is 8.25. The minimum Gasteiger partial charge on any atom is -0.349 e. The number of halogens is 1. The van der Waals surface area contributed by atoms with Crippen LogP contribution in [0.5, 0.6) is 0 Å². The van der Waals surface area contributed by atoms with E-state index in [9.17, 15) is 0 Å². The van der Waals surface area contributed by atoms with Crippen molar-refractivity contribution in [2.24, 2.45) is 0 Å². The first kappa shape index (κ1) is 16.4. The molecule has 0 aromatic heterocycles. The first-order valence-corrected chi connectivity index (χ1v) is 9.30. The Kier molecular flexibility index (Phi) is 5.26. The number of benzene rings is 2. The van der Waals surface area contributed by atoms with E-state index >= 15 is 0 Å². The lowest BCUT2D eigenvalue weighted by Gasteiger charge is -2.39. The van der Waals surface area contributed by atoms with E-state index in [4.69, 9.17) is 0 Å². The lowest BCUT2D eigenvalue weighted by atomic mass is 10.0. The van der Waals surface area contributed by atoms with Gasteiger partial charge >= 0.3 is 0 Å². The van der Waals surface area contributed by atoms with Gasteiger partial charge in [-0.25, -0.2) is 0 Å². The third-order valence-corrected chi connectivity index (χ3v) is 5.75. The summed E-state index contributed by atoms with van der Waals surface area (Å²) in [7, 11) is 0. The van der Waals surface area contributed by atoms with Crippen molar-refractivity contribution in [1.29, 1.82) is 0 Å². The van der Waals surface area contributed by atoms with Gasteiger partial charge in [-0.05, 0) is 33.1 Å². The van der Waals surface area contributed by atoms with Gasteiger partial charge in [-0.1, -0.05) is 66.7 Å². The highest BCUT2D eigenvalue weighted by Gasteiger charge is 2.34. The summed E-state index contributed by atoms with van der Waals surface area (Å²) in [6.07, 6.45) is 4.15. The molecule has 1 heterocycles. The minimum atomic E-state index is -0.429. The van der Waals surface area contributed by atoms with Crippen molar-refractivity contribution in [3.05, 3.63) is 90.5 Å². The van der Waals surface area contributed by atoms with Crippen LogP contribution in [0.15, 0.2) is 79.4 Å². The molecule has 2 atom stereocenters. The molecule has 0 spiro atoms. The van der Waals surface area contributed by atoms with Crippen LogP contribution in [-0.4, -0.2) is 9.66 Å². The SMILES string of the molecule is C=CCS[C@@]1(Br)NC(c2ccccc2)=C[C@@H](c2ccccc2)N1. The number of hydrogen-bond acceptors (Lipinski definition) is 3. The van der Waals surface area contributed by atoms with Gasteiger partial charge in [0.1, 0.15) is 0 Å². The molecule has 2 nitrogen and oxygen atoms in total. The second kappa shape index (κ2) is 7.39. The smallest absolute Gasteiger partial charge is 0.195 e. The maximum atomic E-state index is 3.82. The molecule has 0 unspecified atom stereocenters. The Morgan fingerprint density at radius 1 is 1.09 bits per heavy atom. The van der Waals surface area contributed by atoms with Crippen molar-refractivity contribution < 1.29 is 0 Å². The van der Waals surface area contributed by atoms with Gasteiger partial charge in [-0.15, -0.1) is 18.3 Å². The van der Waals surface area contributed by atoms with Crippen LogP contribution in [0.3, 0.4) is 0 Å². The molecule has 0 saturated heterocycles. The number of thioether (sulfide) groups is 1. The van der Waals surface area contributed by atoms with Crippen molar-refractivity contribution in [3.63, 3.8) is 0 Å². The monoisotopic (exact) mass is 386 g/mol. The Balaban J connectivity index is 1.96. The molecule has 118 valence electrons. The molecule has 0 fully saturated rings. The lowest BCUT2D eigenvalue weighted by Crippen LogP contribution is -2.52. The van der Waals surface area contributed by atoms with Crippen LogP contribution < -0.4 is 10.6 Å². The highest BCUT2D eigenvalue weighted by atomic mass is 79.9. The minimum absolute atomic E-state index is 0.129. The first-order valence-electron chi connectivity index (χ1n) is 7.52. The second-order valence-electron chi connectivity index (χ2n) is 5.30. The summed E-state index contributed by atoms with van der Waals surface area (Å²) in [5, 5.41) is 7.19. The fourth-order valence-electron chi connectivity index (χ4n) is 2.54. The molecule has 1 aliphatic rings. The van der Waals surface area contributed by atoms with Gasteiger partial charge in [0, 0.05) is 11.4 Å². The molecule has 2 aromatic rings. The van der Waals surface area contributed by atoms with Crippen LogP contribution in [0.1, 0.15) is 17.2 Å². The van der Waals surface area contributed by atoms with Crippen molar-refractivity contribution in [1.82, 2.24) is 10.6 Å². The zero-order valence-electron chi connectivity index (χ0n) is 12.7. The van der Waals surface area contributed by atoms with Crippen molar-refractivity contribution in [3.8, 4) is 0 Å². The maximum absolute atomic E-state index is 3.82. The Morgan fingerprint density at radius 3 is 2.39 bits per heavy atom. The van der Waals surface area contributed by atoms with Gasteiger partial charge in [0.05, 0.1) is 6.04 Å². The molecule has 2 N–H and O–H groups in total. The van der Waals surface area contributed by atoms with Gasteiger partial charge in [0.25, 0.3) is 0 Å². The molecule has 0 saturated carbocycles. The molecule has 0 radical (unpaired) electrons. The summed E-state index contributed by atoms with van der Waals surface area (Å²) < 4.78 is -0.429. The van der Waals surface area contributed by atoms with E-state index in [2.05, 4.69) is 87.7 Å². The third kappa shape index (κ3) is 4.08. The highest BCUT2D eigenvalue weighted by Crippen LogP contribution is 2.37. The van der Waals surface area contributed by atoms with E-state index in [1.165, 1.54) is 11.1 Å². The summed E-state index contributed by atoms with van der Waals surface area (Å²) in [6, 6.07) is 21.0. The van der Waals surface area contributed by atoms with E-state index in [1.807, 2.05) is 18.2 Å². The van der Waals surface area contributed by atoms with Crippen LogP contribution in [0, 0.1) is 0 Å². The number of nitrogens with one attached hydrogen (secondary N) is 2. The summed E-state index contributed by atoms with van der Waals surface area (Å²) >= 11 is 5.56. The van der Waals surface area contributed by atoms with E-state index in [0.29, 0.717) is 0 Å². The molecule has 4 heteroatoms. The molecule has 3 rings (SSSR count). The van der Waals surface area contributed by atoms with Crippen molar-refractivity contribution in [2.45, 2.75) is 9.95 Å². The van der Waals surface area contributed by atoms with E-state index in [1.54, 1.807) is 11.8 Å². The average molecular weight is 387 g/mol. The van der Waals surface area contributed by atoms with E-state index < -0.39 is 3.90 Å². The molecule has 0 aliphatic carbocycles. The Hall–Kier alpha value is -1.49. The summed E-state index contributed by atoms with van der Waals surface area (Å²) in [5.74, 6) is 0.842. The fraction of sp³-hybridized carbons (Fsp3) is 0.158. The van der Waals surface area contributed by atoms with Gasteiger partial charge in [0.2, 0.25) is 0 Å². The zero-order valence-corrected chi connectivity index (χ0v) is 15.1. The topological polar surface area (TPSA) is 24.1 Å². The summed E-state index contributed by atoms with van der Waals surface area (Å²) in [6.45, 7) is 3.82. The van der Waals surface area contributed by atoms with E-state index in [0.717, 1.165) is 11.4 Å². The fourth-order valence-corrected chi connectivity index (χ4v) is 4.13. The summed E-state index contributed by atoms with van der Waals surface area (Å²) in [4.78, 5) is 0. The van der Waals surface area contributed by atoms with Crippen LogP contribution >= 0.6 is 27.7 Å². The van der Waals surface area contributed by atoms with Gasteiger partial charge in [-0.2, -0.15) is 0 Å². The van der Waals surface area contributed by atoms with E-state index in [-0.39, 0.29) is 6.04 Å². The molecule has 2 aromatic carbocycles. The summed E-state index contributed by atoms with van der Waals surface area (Å²) in [5.41, 5.74) is 3.54. The quantitative estimate of drug-likeness (QED) is 0.434. The maximum Gasteiger partial charge on any atom is 0.195 e. The Labute approximate surface area is 150 Å². The van der Waals surface area contributed by atoms with Crippen LogP contribution in [0.4, 0.5) is 0 Å². The van der Waals surface area contributed by atoms with Gasteiger partial charge in [0.15, 0.2) is 3.90 Å². The predicted octanol–water partition coefficient (Wildman–Crippen LogP) is 4.89. The molecule has 1 aliphatic heterocycles. The largest absolute Gasteiger partial charge is 0.349 e. The predicted molar refractivity (Wildman–Crippen MR) is 104 cm³/mol. The Bertz CT molecular complexity index is 687. The molecular weight excluding hydrogens is 368 g/mol. The van der Waals surface area contributed by atoms with Gasteiger partial charge in [-0.3, -0.25) is 5.32 Å². The first-order chi connectivity index (χ1) is 11.2. The van der Waals surface area contributed by atoms with Crippen LogP contribution in [0.2, 0.25) is 0 Å². The molecular formula is C19H19BrN2S. The average Bonchev–Trinajstić information content (AvgIpc) is 2.61. The molecule has 0 amide bonds. The normalized spacial score (nSPS) is 23.7. The molecule has 0 bridgehead atoms. The standard InChI is InChI=1S/C19H19BrN2S/c1-2-13-23-19(20)21-17(15-9-5-3-6-10-15)14-18(22-19)16-11-7-4-8-12-16/h2-12,14,17,21-22H,1,13H2/t17-,19+/m0/s1. The van der Waals surface area contributed by atoms with Crippen molar-refractivity contribution >= 4 is 33.4 Å². The van der Waals surface area contributed by atoms with Crippen LogP contribution in [-0.2, 0) is 0 Å².